The molecule has 0 unspecified atom stereocenters. The first-order chi connectivity index (χ1) is 8.55. The van der Waals surface area contributed by atoms with Crippen LogP contribution in [0, 0.1) is 0 Å². The average molecular weight is 248 g/mol. The molecule has 0 spiro atoms. The molecule has 1 aromatic carbocycles. The molecular formula is C14H20N2O2. The van der Waals surface area contributed by atoms with E-state index in [9.17, 15) is 4.79 Å². The van der Waals surface area contributed by atoms with Crippen molar-refractivity contribution in [1.82, 2.24) is 5.32 Å². The summed E-state index contributed by atoms with van der Waals surface area (Å²) >= 11 is 0. The molecule has 0 aromatic heterocycles. The van der Waals surface area contributed by atoms with Gasteiger partial charge in [0.15, 0.2) is 0 Å². The Labute approximate surface area is 108 Å². The fourth-order valence-corrected chi connectivity index (χ4v) is 2.12. The van der Waals surface area contributed by atoms with Gasteiger partial charge >= 0.3 is 0 Å². The summed E-state index contributed by atoms with van der Waals surface area (Å²) in [4.78, 5) is 12.0. The topological polar surface area (TPSA) is 64.3 Å². The molecule has 0 bridgehead atoms. The largest absolute Gasteiger partial charge is 0.497 e. The van der Waals surface area contributed by atoms with Crippen molar-refractivity contribution in [2.75, 3.05) is 7.11 Å². The van der Waals surface area contributed by atoms with Crippen molar-refractivity contribution in [1.29, 1.82) is 0 Å². The highest BCUT2D eigenvalue weighted by molar-refractivity contribution is 5.87. The molecule has 0 heterocycles. The predicted molar refractivity (Wildman–Crippen MR) is 70.3 cm³/mol. The zero-order chi connectivity index (χ0) is 13.2. The Bertz CT molecular complexity index is 441. The lowest BCUT2D eigenvalue weighted by atomic mass is 9.77. The molecule has 98 valence electrons. The molecule has 1 atom stereocenters. The number of carbonyl (C=O) groups excluding carboxylic acids is 1. The van der Waals surface area contributed by atoms with Crippen molar-refractivity contribution in [2.45, 2.75) is 37.8 Å². The molecule has 1 aliphatic carbocycles. The number of methoxy groups -OCH3 is 1. The van der Waals surface area contributed by atoms with E-state index in [1.54, 1.807) is 7.11 Å². The van der Waals surface area contributed by atoms with Crippen LogP contribution in [-0.4, -0.2) is 18.6 Å². The lowest BCUT2D eigenvalue weighted by molar-refractivity contribution is -0.129. The van der Waals surface area contributed by atoms with E-state index in [2.05, 4.69) is 5.32 Å². The van der Waals surface area contributed by atoms with Crippen LogP contribution >= 0.6 is 0 Å². The van der Waals surface area contributed by atoms with Crippen LogP contribution < -0.4 is 15.8 Å². The molecule has 2 rings (SSSR count). The van der Waals surface area contributed by atoms with Crippen molar-refractivity contribution >= 4 is 5.91 Å². The molecule has 1 amide bonds. The van der Waals surface area contributed by atoms with Gasteiger partial charge in [-0.15, -0.1) is 0 Å². The molecule has 1 aromatic rings. The normalized spacial score (nSPS) is 18.6. The van der Waals surface area contributed by atoms with Crippen molar-refractivity contribution < 1.29 is 9.53 Å². The first-order valence-electron chi connectivity index (χ1n) is 6.29. The number of rotatable bonds is 4. The van der Waals surface area contributed by atoms with Crippen molar-refractivity contribution in [3.05, 3.63) is 29.8 Å². The number of ether oxygens (including phenoxy) is 1. The second kappa shape index (κ2) is 4.98. The molecule has 0 saturated heterocycles. The van der Waals surface area contributed by atoms with Gasteiger partial charge in [0.2, 0.25) is 5.91 Å². The van der Waals surface area contributed by atoms with E-state index in [-0.39, 0.29) is 11.9 Å². The Morgan fingerprint density at radius 2 is 2.22 bits per heavy atom. The minimum absolute atomic E-state index is 0.0518. The van der Waals surface area contributed by atoms with E-state index in [4.69, 9.17) is 10.5 Å². The van der Waals surface area contributed by atoms with Crippen molar-refractivity contribution in [3.63, 3.8) is 0 Å². The number of hydrogen-bond acceptors (Lipinski definition) is 3. The van der Waals surface area contributed by atoms with E-state index < -0.39 is 5.54 Å². The summed E-state index contributed by atoms with van der Waals surface area (Å²) in [6, 6.07) is 7.63. The van der Waals surface area contributed by atoms with Gasteiger partial charge < -0.3 is 15.8 Å². The number of amides is 1. The summed E-state index contributed by atoms with van der Waals surface area (Å²) < 4.78 is 5.17. The molecule has 1 aliphatic rings. The lowest BCUT2D eigenvalue weighted by Crippen LogP contribution is -2.58. The van der Waals surface area contributed by atoms with Crippen LogP contribution in [0.2, 0.25) is 0 Å². The third kappa shape index (κ3) is 2.48. The summed E-state index contributed by atoms with van der Waals surface area (Å²) in [5.74, 6) is 0.740. The van der Waals surface area contributed by atoms with Crippen LogP contribution in [0.25, 0.3) is 0 Å². The van der Waals surface area contributed by atoms with E-state index in [1.807, 2.05) is 31.2 Å². The van der Waals surface area contributed by atoms with Crippen LogP contribution in [0.4, 0.5) is 0 Å². The van der Waals surface area contributed by atoms with E-state index in [0.29, 0.717) is 0 Å². The van der Waals surface area contributed by atoms with E-state index in [1.165, 1.54) is 0 Å². The highest BCUT2D eigenvalue weighted by Gasteiger charge is 2.40. The molecular weight excluding hydrogens is 228 g/mol. The Morgan fingerprint density at radius 3 is 2.78 bits per heavy atom. The summed E-state index contributed by atoms with van der Waals surface area (Å²) in [6.45, 7) is 1.95. The number of nitrogens with two attached hydrogens (primary N) is 1. The van der Waals surface area contributed by atoms with Gasteiger partial charge in [0.25, 0.3) is 0 Å². The number of hydrogen-bond donors (Lipinski definition) is 2. The first-order valence-corrected chi connectivity index (χ1v) is 6.29. The second-order valence-electron chi connectivity index (χ2n) is 4.98. The fraction of sp³-hybridized carbons (Fsp3) is 0.500. The number of benzene rings is 1. The van der Waals surface area contributed by atoms with E-state index in [0.717, 1.165) is 30.6 Å². The van der Waals surface area contributed by atoms with Gasteiger partial charge in [-0.2, -0.15) is 0 Å². The van der Waals surface area contributed by atoms with Gasteiger partial charge in [-0.25, -0.2) is 0 Å². The molecule has 1 fully saturated rings. The Balaban J connectivity index is 2.02. The predicted octanol–water partition coefficient (Wildman–Crippen LogP) is 1.75. The SMILES string of the molecule is COc1cccc([C@@H](C)NC(=O)C2(N)CCC2)c1. The number of nitrogens with one attached hydrogen (secondary N) is 1. The monoisotopic (exact) mass is 248 g/mol. The maximum absolute atomic E-state index is 12.0. The summed E-state index contributed by atoms with van der Waals surface area (Å²) in [5.41, 5.74) is 6.37. The summed E-state index contributed by atoms with van der Waals surface area (Å²) in [6.07, 6.45) is 2.60. The van der Waals surface area contributed by atoms with Crippen LogP contribution in [0.15, 0.2) is 24.3 Å². The van der Waals surface area contributed by atoms with Crippen molar-refractivity contribution in [2.24, 2.45) is 5.73 Å². The Kier molecular flexibility index (Phi) is 3.57. The van der Waals surface area contributed by atoms with Gasteiger partial charge in [-0.1, -0.05) is 12.1 Å². The Morgan fingerprint density at radius 1 is 1.50 bits per heavy atom. The zero-order valence-corrected chi connectivity index (χ0v) is 10.9. The van der Waals surface area contributed by atoms with Gasteiger partial charge in [-0.3, -0.25) is 4.79 Å². The maximum Gasteiger partial charge on any atom is 0.240 e. The summed E-state index contributed by atoms with van der Waals surface area (Å²) in [5, 5.41) is 2.97. The van der Waals surface area contributed by atoms with Gasteiger partial charge in [0, 0.05) is 0 Å². The lowest BCUT2D eigenvalue weighted by Gasteiger charge is -2.37. The van der Waals surface area contributed by atoms with Gasteiger partial charge in [-0.05, 0) is 43.9 Å². The zero-order valence-electron chi connectivity index (χ0n) is 10.9. The summed E-state index contributed by atoms with van der Waals surface area (Å²) in [7, 11) is 1.63. The molecule has 3 N–H and O–H groups in total. The highest BCUT2D eigenvalue weighted by Crippen LogP contribution is 2.30. The van der Waals surface area contributed by atoms with Crippen molar-refractivity contribution in [3.8, 4) is 5.75 Å². The number of carbonyl (C=O) groups is 1. The van der Waals surface area contributed by atoms with Crippen LogP contribution in [-0.2, 0) is 4.79 Å². The fourth-order valence-electron chi connectivity index (χ4n) is 2.12. The molecule has 0 radical (unpaired) electrons. The maximum atomic E-state index is 12.0. The van der Waals surface area contributed by atoms with Crippen LogP contribution in [0.1, 0.15) is 37.8 Å². The quantitative estimate of drug-likeness (QED) is 0.853. The second-order valence-corrected chi connectivity index (χ2v) is 4.98. The first kappa shape index (κ1) is 12.9. The molecule has 18 heavy (non-hydrogen) atoms. The standard InChI is InChI=1S/C14H20N2O2/c1-10(11-5-3-6-12(9-11)18-2)16-13(17)14(15)7-4-8-14/h3,5-6,9-10H,4,7-8,15H2,1-2H3,(H,16,17)/t10-/m1/s1. The van der Waals surface area contributed by atoms with Gasteiger partial charge in [0.05, 0.1) is 18.7 Å². The van der Waals surface area contributed by atoms with Gasteiger partial charge in [0.1, 0.15) is 5.75 Å². The molecule has 0 aliphatic heterocycles. The molecule has 1 saturated carbocycles. The smallest absolute Gasteiger partial charge is 0.240 e. The average Bonchev–Trinajstić information content (AvgIpc) is 2.35. The van der Waals surface area contributed by atoms with Crippen LogP contribution in [0.3, 0.4) is 0 Å². The minimum Gasteiger partial charge on any atom is -0.497 e. The van der Waals surface area contributed by atoms with E-state index >= 15 is 0 Å². The Hall–Kier alpha value is -1.55. The third-order valence-corrected chi connectivity index (χ3v) is 3.64. The highest BCUT2D eigenvalue weighted by atomic mass is 16.5. The molecule has 4 nitrogen and oxygen atoms in total. The molecule has 4 heteroatoms. The third-order valence-electron chi connectivity index (χ3n) is 3.64. The van der Waals surface area contributed by atoms with Crippen LogP contribution in [0.5, 0.6) is 5.75 Å². The minimum atomic E-state index is -0.646.